The number of nitrogens with zero attached hydrogens (tertiary/aromatic N) is 2. The minimum atomic E-state index is -1.64. The number of hydrogen-bond donors (Lipinski definition) is 11. The van der Waals surface area contributed by atoms with E-state index in [2.05, 4.69) is 31.9 Å². The van der Waals surface area contributed by atoms with Crippen LogP contribution in [-0.2, 0) is 47.9 Å². The Kier molecular flexibility index (Phi) is 20.5. The van der Waals surface area contributed by atoms with Crippen LogP contribution in [0.3, 0.4) is 0 Å². The fourth-order valence-electron chi connectivity index (χ4n) is 6.95. The van der Waals surface area contributed by atoms with Crippen molar-refractivity contribution >= 4 is 59.2 Å². The molecule has 0 bridgehead atoms. The third-order valence-corrected chi connectivity index (χ3v) is 10.2. The Morgan fingerprint density at radius 3 is 1.59 bits per heavy atom. The molecule has 0 unspecified atom stereocenters. The van der Waals surface area contributed by atoms with Crippen molar-refractivity contribution in [2.24, 2.45) is 17.6 Å². The number of aliphatic hydroxyl groups excluding tert-OH is 2. The third-order valence-electron chi connectivity index (χ3n) is 10.2. The first-order chi connectivity index (χ1) is 28.5. The molecule has 0 aromatic rings. The number of hydrogen-bond acceptors (Lipinski definition) is 13. The SMILES string of the molecule is CC(C)C[C@H](NC(=O)[C@H](C)NC(=O)[C@H](C)NC(=O)[C@@H]1CCCN1C(=O)[C@@H]1CCCN1C(=O)[C@H](CO)NC(=O)[C@H](CC(=O)O)NC(=O)[C@@H](N)CC(C)C)C(=O)N[C@@H](CO)C(=O)O. The van der Waals surface area contributed by atoms with Crippen LogP contribution in [-0.4, -0.2) is 170 Å². The summed E-state index contributed by atoms with van der Waals surface area (Å²) in [6, 6.07) is -11.7. The molecule has 2 heterocycles. The number of amides is 8. The van der Waals surface area contributed by atoms with Gasteiger partial charge in [-0.3, -0.25) is 43.2 Å². The number of aliphatic hydroxyl groups is 2. The smallest absolute Gasteiger partial charge is 0.328 e. The fourth-order valence-corrected chi connectivity index (χ4v) is 6.95. The second-order valence-electron chi connectivity index (χ2n) is 16.3. The molecule has 0 aliphatic carbocycles. The molecule has 0 aromatic heterocycles. The number of carboxylic acids is 2. The molecule has 0 radical (unpaired) electrons. The van der Waals surface area contributed by atoms with Crippen LogP contribution < -0.4 is 37.6 Å². The fraction of sp³-hybridized carbons (Fsp3) is 0.737. The topological polar surface area (TPSA) is 356 Å². The van der Waals surface area contributed by atoms with Crippen LogP contribution >= 0.6 is 0 Å². The van der Waals surface area contributed by atoms with Gasteiger partial charge < -0.3 is 67.9 Å². The maximum Gasteiger partial charge on any atom is 0.328 e. The van der Waals surface area contributed by atoms with Gasteiger partial charge in [-0.1, -0.05) is 27.7 Å². The molecular weight excluding hydrogens is 806 g/mol. The van der Waals surface area contributed by atoms with Crippen LogP contribution in [0, 0.1) is 11.8 Å². The van der Waals surface area contributed by atoms with E-state index in [1.807, 2.05) is 13.8 Å². The number of nitrogens with two attached hydrogens (primary N) is 1. The zero-order valence-corrected chi connectivity index (χ0v) is 35.5. The van der Waals surface area contributed by atoms with Crippen molar-refractivity contribution < 1.29 is 68.4 Å². The largest absolute Gasteiger partial charge is 0.481 e. The highest BCUT2D eigenvalue weighted by molar-refractivity contribution is 5.98. The van der Waals surface area contributed by atoms with Crippen molar-refractivity contribution in [2.75, 3.05) is 26.3 Å². The van der Waals surface area contributed by atoms with Gasteiger partial charge >= 0.3 is 11.9 Å². The van der Waals surface area contributed by atoms with Gasteiger partial charge in [0.05, 0.1) is 25.7 Å². The Labute approximate surface area is 353 Å². The Balaban J connectivity index is 2.08. The van der Waals surface area contributed by atoms with E-state index in [0.717, 1.165) is 4.90 Å². The number of nitrogens with one attached hydrogen (secondary N) is 6. The summed E-state index contributed by atoms with van der Waals surface area (Å²) in [6.07, 6.45) is 0.687. The predicted molar refractivity (Wildman–Crippen MR) is 213 cm³/mol. The lowest BCUT2D eigenvalue weighted by Gasteiger charge is -2.33. The first-order valence-electron chi connectivity index (χ1n) is 20.4. The Hall–Kier alpha value is -5.42. The number of carbonyl (C=O) groups excluding carboxylic acids is 8. The average Bonchev–Trinajstić information content (AvgIpc) is 3.88. The molecule has 344 valence electrons. The van der Waals surface area contributed by atoms with E-state index < -0.39 is 133 Å². The highest BCUT2D eigenvalue weighted by atomic mass is 16.4. The molecule has 0 spiro atoms. The van der Waals surface area contributed by atoms with E-state index in [1.165, 1.54) is 18.7 Å². The first-order valence-corrected chi connectivity index (χ1v) is 20.4. The van der Waals surface area contributed by atoms with Gasteiger partial charge in [-0.25, -0.2) is 4.79 Å². The summed E-state index contributed by atoms with van der Waals surface area (Å²) < 4.78 is 0. The molecule has 23 heteroatoms. The summed E-state index contributed by atoms with van der Waals surface area (Å²) in [6.45, 7) is 8.23. The van der Waals surface area contributed by atoms with Crippen LogP contribution in [0.4, 0.5) is 0 Å². The molecule has 12 N–H and O–H groups in total. The van der Waals surface area contributed by atoms with E-state index in [1.54, 1.807) is 13.8 Å². The minimum absolute atomic E-state index is 0.0214. The summed E-state index contributed by atoms with van der Waals surface area (Å²) in [5, 5.41) is 52.1. The summed E-state index contributed by atoms with van der Waals surface area (Å²) in [4.78, 5) is 131. The lowest BCUT2D eigenvalue weighted by molar-refractivity contribution is -0.148. The summed E-state index contributed by atoms with van der Waals surface area (Å²) in [5.41, 5.74) is 5.88. The summed E-state index contributed by atoms with van der Waals surface area (Å²) in [5.74, 6) is -9.40. The molecule has 8 amide bonds. The molecule has 2 rings (SSSR count). The van der Waals surface area contributed by atoms with Gasteiger partial charge in [-0.2, -0.15) is 0 Å². The average molecular weight is 870 g/mol. The van der Waals surface area contributed by atoms with Gasteiger partial charge in [0.15, 0.2) is 0 Å². The van der Waals surface area contributed by atoms with Crippen molar-refractivity contribution in [3.8, 4) is 0 Å². The third kappa shape index (κ3) is 15.5. The molecule has 61 heavy (non-hydrogen) atoms. The van der Waals surface area contributed by atoms with Gasteiger partial charge in [0.1, 0.15) is 48.3 Å². The molecular formula is C38H63N9O14. The van der Waals surface area contributed by atoms with Crippen molar-refractivity contribution in [1.82, 2.24) is 41.7 Å². The van der Waals surface area contributed by atoms with E-state index in [0.29, 0.717) is 12.8 Å². The molecule has 2 aliphatic heterocycles. The number of aliphatic carboxylic acids is 2. The summed E-state index contributed by atoms with van der Waals surface area (Å²) >= 11 is 0. The lowest BCUT2D eigenvalue weighted by atomic mass is 10.0. The molecule has 23 nitrogen and oxygen atoms in total. The van der Waals surface area contributed by atoms with Crippen molar-refractivity contribution in [1.29, 1.82) is 0 Å². The van der Waals surface area contributed by atoms with E-state index in [-0.39, 0.29) is 50.6 Å². The van der Waals surface area contributed by atoms with Crippen LogP contribution in [0.15, 0.2) is 0 Å². The number of rotatable bonds is 23. The standard InChI is InChI=1S/C38H63N9O14/c1-18(2)13-22(39)32(54)43-24(15-29(50)51)34(56)44-25(16-48)36(58)47-12-8-10-28(47)37(59)46-11-7-9-27(46)35(57)41-20(5)30(52)40-21(6)31(53)42-23(14-19(3)4)33(55)45-26(17-49)38(60)61/h18-28,48-49H,7-17,39H2,1-6H3,(H,40,52)(H,41,57)(H,42,53)(H,43,54)(H,44,56)(H,45,55)(H,50,51)(H,60,61)/t20-,21-,22-,23-,24-,25-,26-,27-,28-/m0/s1. The van der Waals surface area contributed by atoms with E-state index in [4.69, 9.17) is 5.73 Å². The summed E-state index contributed by atoms with van der Waals surface area (Å²) in [7, 11) is 0. The quantitative estimate of drug-likeness (QED) is 0.0465. The van der Waals surface area contributed by atoms with Gasteiger partial charge in [0.25, 0.3) is 0 Å². The van der Waals surface area contributed by atoms with Gasteiger partial charge in [0, 0.05) is 13.1 Å². The second kappa shape index (κ2) is 24.1. The van der Waals surface area contributed by atoms with Crippen LogP contribution in [0.5, 0.6) is 0 Å². The van der Waals surface area contributed by atoms with Gasteiger partial charge in [-0.05, 0) is 64.2 Å². The molecule has 2 saturated heterocycles. The van der Waals surface area contributed by atoms with Crippen molar-refractivity contribution in [3.05, 3.63) is 0 Å². The maximum absolute atomic E-state index is 13.9. The lowest BCUT2D eigenvalue weighted by Crippen LogP contribution is -2.60. The number of carboxylic acid groups (broad SMARTS) is 2. The molecule has 9 atom stereocenters. The molecule has 2 fully saturated rings. The van der Waals surface area contributed by atoms with Gasteiger partial charge in [0.2, 0.25) is 47.3 Å². The number of carbonyl (C=O) groups is 10. The highest BCUT2D eigenvalue weighted by Gasteiger charge is 2.44. The second-order valence-corrected chi connectivity index (χ2v) is 16.3. The Bertz CT molecular complexity index is 1630. The normalized spacial score (nSPS) is 19.7. The predicted octanol–water partition coefficient (Wildman–Crippen LogP) is -4.12. The zero-order valence-electron chi connectivity index (χ0n) is 35.5. The first kappa shape index (κ1) is 51.7. The Morgan fingerprint density at radius 2 is 1.05 bits per heavy atom. The molecule has 0 aromatic carbocycles. The number of likely N-dealkylation sites (tertiary alicyclic amines) is 2. The minimum Gasteiger partial charge on any atom is -0.481 e. The monoisotopic (exact) mass is 869 g/mol. The van der Waals surface area contributed by atoms with Crippen molar-refractivity contribution in [3.63, 3.8) is 0 Å². The molecule has 2 aliphatic rings. The van der Waals surface area contributed by atoms with Crippen LogP contribution in [0.1, 0.15) is 86.5 Å². The van der Waals surface area contributed by atoms with Crippen LogP contribution in [0.25, 0.3) is 0 Å². The maximum atomic E-state index is 13.9. The Morgan fingerprint density at radius 1 is 0.574 bits per heavy atom. The van der Waals surface area contributed by atoms with E-state index in [9.17, 15) is 68.4 Å². The van der Waals surface area contributed by atoms with E-state index >= 15 is 0 Å². The molecule has 0 saturated carbocycles. The van der Waals surface area contributed by atoms with Gasteiger partial charge in [-0.15, -0.1) is 0 Å². The zero-order chi connectivity index (χ0) is 46.3. The van der Waals surface area contributed by atoms with Crippen molar-refractivity contribution in [2.45, 2.75) is 141 Å². The highest BCUT2D eigenvalue weighted by Crippen LogP contribution is 2.26. The van der Waals surface area contributed by atoms with Crippen LogP contribution in [0.2, 0.25) is 0 Å².